The lowest BCUT2D eigenvalue weighted by atomic mass is 10.00. The van der Waals surface area contributed by atoms with Crippen LogP contribution >= 0.6 is 0 Å². The molecule has 1 atom stereocenters. The van der Waals surface area contributed by atoms with Crippen LogP contribution < -0.4 is 10.3 Å². The molecule has 0 fully saturated rings. The van der Waals surface area contributed by atoms with Gasteiger partial charge in [-0.05, 0) is 35.4 Å². The van der Waals surface area contributed by atoms with Gasteiger partial charge in [0.15, 0.2) is 6.61 Å². The number of fused-ring (bicyclic) bond motifs is 1. The number of esters is 1. The average Bonchev–Trinajstić information content (AvgIpc) is 2.83. The zero-order valence-electron chi connectivity index (χ0n) is 17.7. The van der Waals surface area contributed by atoms with E-state index in [1.165, 1.54) is 5.01 Å². The van der Waals surface area contributed by atoms with Crippen LogP contribution in [0.15, 0.2) is 77.9 Å². The lowest BCUT2D eigenvalue weighted by Gasteiger charge is -2.22. The van der Waals surface area contributed by atoms with E-state index >= 15 is 0 Å². The summed E-state index contributed by atoms with van der Waals surface area (Å²) in [7, 11) is 0. The third-order valence-electron chi connectivity index (χ3n) is 5.27. The number of hydrazone groups is 1. The minimum absolute atomic E-state index is 0.114. The molecule has 0 spiro atoms. The van der Waals surface area contributed by atoms with Crippen molar-refractivity contribution in [2.45, 2.75) is 25.8 Å². The first-order valence-electron chi connectivity index (χ1n) is 10.4. The van der Waals surface area contributed by atoms with Gasteiger partial charge >= 0.3 is 5.97 Å². The molecule has 7 heteroatoms. The Morgan fingerprint density at radius 3 is 2.53 bits per heavy atom. The highest BCUT2D eigenvalue weighted by Crippen LogP contribution is 2.24. The van der Waals surface area contributed by atoms with E-state index in [2.05, 4.69) is 10.4 Å². The number of hydrogen-bond acceptors (Lipinski definition) is 5. The number of hydrogen-bond donors (Lipinski definition) is 1. The number of para-hydroxylation sites is 1. The fourth-order valence-corrected chi connectivity index (χ4v) is 3.67. The maximum atomic E-state index is 12.4. The molecule has 162 valence electrons. The first kappa shape index (κ1) is 21.2. The molecular formula is C25H23N3O4. The molecule has 1 unspecified atom stereocenters. The maximum absolute atomic E-state index is 12.4. The van der Waals surface area contributed by atoms with Crippen molar-refractivity contribution < 1.29 is 19.1 Å². The molecule has 0 radical (unpaired) electrons. The highest BCUT2D eigenvalue weighted by Gasteiger charge is 2.27. The minimum atomic E-state index is -0.702. The summed E-state index contributed by atoms with van der Waals surface area (Å²) < 4.78 is 5.17. The van der Waals surface area contributed by atoms with E-state index < -0.39 is 18.5 Å². The molecule has 32 heavy (non-hydrogen) atoms. The van der Waals surface area contributed by atoms with Crippen LogP contribution in [0.25, 0.3) is 10.8 Å². The molecule has 1 aliphatic heterocycles. The van der Waals surface area contributed by atoms with E-state index in [0.717, 1.165) is 16.3 Å². The molecule has 1 aliphatic rings. The molecule has 3 aromatic carbocycles. The molecule has 7 nitrogen and oxygen atoms in total. The van der Waals surface area contributed by atoms with Crippen molar-refractivity contribution in [3.63, 3.8) is 0 Å². The summed E-state index contributed by atoms with van der Waals surface area (Å²) in [6.45, 7) is 1.46. The van der Waals surface area contributed by atoms with Crippen molar-refractivity contribution in [3.05, 3.63) is 78.4 Å². The predicted octanol–water partition coefficient (Wildman–Crippen LogP) is 3.74. The first-order chi connectivity index (χ1) is 15.5. The van der Waals surface area contributed by atoms with Crippen molar-refractivity contribution in [3.8, 4) is 0 Å². The summed E-state index contributed by atoms with van der Waals surface area (Å²) in [4.78, 5) is 37.0. The van der Waals surface area contributed by atoms with Gasteiger partial charge in [-0.25, -0.2) is 9.80 Å². The number of carbonyl (C=O) groups excluding carboxylic acids is 3. The smallest absolute Gasteiger partial charge is 0.355 e. The summed E-state index contributed by atoms with van der Waals surface area (Å²) in [5.74, 6) is -1.31. The van der Waals surface area contributed by atoms with Crippen LogP contribution in [0.1, 0.15) is 31.4 Å². The maximum Gasteiger partial charge on any atom is 0.355 e. The van der Waals surface area contributed by atoms with E-state index in [1.807, 2.05) is 55.5 Å². The number of carbonyl (C=O) groups is 3. The van der Waals surface area contributed by atoms with E-state index in [9.17, 15) is 14.4 Å². The predicted molar refractivity (Wildman–Crippen MR) is 122 cm³/mol. The fraction of sp³-hybridized carbons (Fsp3) is 0.200. The molecule has 1 heterocycles. The minimum Gasteiger partial charge on any atom is -0.451 e. The molecule has 1 N–H and O–H groups in total. The Kier molecular flexibility index (Phi) is 6.26. The number of anilines is 1. The molecule has 0 aliphatic carbocycles. The summed E-state index contributed by atoms with van der Waals surface area (Å²) >= 11 is 0. The van der Waals surface area contributed by atoms with Gasteiger partial charge in [0.05, 0.1) is 11.7 Å². The Hall–Kier alpha value is -4.00. The van der Waals surface area contributed by atoms with Crippen LogP contribution in [0.2, 0.25) is 0 Å². The normalized spacial score (nSPS) is 14.6. The number of ether oxygens (including phenoxy) is 1. The molecule has 0 saturated heterocycles. The Balaban J connectivity index is 1.37. The molecular weight excluding hydrogens is 406 g/mol. The monoisotopic (exact) mass is 429 g/mol. The summed E-state index contributed by atoms with van der Waals surface area (Å²) in [5, 5.41) is 10.4. The van der Waals surface area contributed by atoms with Gasteiger partial charge in [-0.15, -0.1) is 0 Å². The molecule has 0 saturated carbocycles. The molecule has 0 aromatic heterocycles. The van der Waals surface area contributed by atoms with Gasteiger partial charge in [-0.2, -0.15) is 5.10 Å². The zero-order chi connectivity index (χ0) is 22.5. The Morgan fingerprint density at radius 1 is 1.00 bits per heavy atom. The lowest BCUT2D eigenvalue weighted by molar-refractivity contribution is -0.142. The van der Waals surface area contributed by atoms with Crippen molar-refractivity contribution in [1.29, 1.82) is 0 Å². The third-order valence-corrected chi connectivity index (χ3v) is 5.27. The van der Waals surface area contributed by atoms with Crippen molar-refractivity contribution >= 4 is 40.0 Å². The Labute approximate surface area is 185 Å². The lowest BCUT2D eigenvalue weighted by Crippen LogP contribution is -2.36. The standard InChI is InChI=1S/C25H23N3O4/c1-17(20-13-7-9-18-8-5-6-12-21(18)20)26-23(29)16-32-25(31)22-14-15-24(30)28(27-22)19-10-3-2-4-11-19/h2-13,17H,14-16H2,1H3,(H,26,29). The number of amides is 2. The molecule has 2 amide bonds. The number of rotatable bonds is 6. The van der Waals surface area contributed by atoms with Crippen molar-refractivity contribution in [2.24, 2.45) is 5.10 Å². The Bertz CT molecular complexity index is 1180. The summed E-state index contributed by atoms with van der Waals surface area (Å²) in [6, 6.07) is 22.5. The fourth-order valence-electron chi connectivity index (χ4n) is 3.67. The van der Waals surface area contributed by atoms with Gasteiger partial charge in [-0.1, -0.05) is 60.7 Å². The van der Waals surface area contributed by atoms with Crippen molar-refractivity contribution in [2.75, 3.05) is 11.6 Å². The molecule has 3 aromatic rings. The van der Waals surface area contributed by atoms with E-state index in [-0.39, 0.29) is 30.5 Å². The highest BCUT2D eigenvalue weighted by molar-refractivity contribution is 6.38. The second-order valence-electron chi connectivity index (χ2n) is 7.52. The van der Waals surface area contributed by atoms with Crippen molar-refractivity contribution in [1.82, 2.24) is 5.32 Å². The molecule has 4 rings (SSSR count). The van der Waals surface area contributed by atoms with Gasteiger partial charge < -0.3 is 10.1 Å². The van der Waals surface area contributed by atoms with Crippen LogP contribution in [0.5, 0.6) is 0 Å². The average molecular weight is 429 g/mol. The van der Waals surface area contributed by atoms with Gasteiger partial charge in [0, 0.05) is 12.8 Å². The van der Waals surface area contributed by atoms with Crippen LogP contribution in [-0.2, 0) is 19.1 Å². The van der Waals surface area contributed by atoms with Gasteiger partial charge in [0.25, 0.3) is 5.91 Å². The molecule has 0 bridgehead atoms. The number of benzene rings is 3. The Morgan fingerprint density at radius 2 is 1.72 bits per heavy atom. The number of nitrogens with one attached hydrogen (secondary N) is 1. The SMILES string of the molecule is CC(NC(=O)COC(=O)C1=NN(c2ccccc2)C(=O)CC1)c1cccc2ccccc12. The zero-order valence-corrected chi connectivity index (χ0v) is 17.7. The van der Waals surface area contributed by atoms with E-state index in [0.29, 0.717) is 5.69 Å². The number of nitrogens with zero attached hydrogens (tertiary/aromatic N) is 2. The van der Waals surface area contributed by atoms with E-state index in [1.54, 1.807) is 24.3 Å². The van der Waals surface area contributed by atoms with E-state index in [4.69, 9.17) is 4.74 Å². The summed E-state index contributed by atoms with van der Waals surface area (Å²) in [5.41, 5.74) is 1.67. The highest BCUT2D eigenvalue weighted by atomic mass is 16.5. The van der Waals surface area contributed by atoms with Gasteiger partial charge in [0.2, 0.25) is 5.91 Å². The van der Waals surface area contributed by atoms with Crippen LogP contribution in [-0.4, -0.2) is 30.1 Å². The van der Waals surface area contributed by atoms with Crippen LogP contribution in [0.3, 0.4) is 0 Å². The van der Waals surface area contributed by atoms with Gasteiger partial charge in [-0.3, -0.25) is 9.59 Å². The summed E-state index contributed by atoms with van der Waals surface area (Å²) in [6.07, 6.45) is 0.322. The largest absolute Gasteiger partial charge is 0.451 e. The second kappa shape index (κ2) is 9.43. The van der Waals surface area contributed by atoms with Gasteiger partial charge in [0.1, 0.15) is 5.71 Å². The van der Waals surface area contributed by atoms with Crippen LogP contribution in [0.4, 0.5) is 5.69 Å². The second-order valence-corrected chi connectivity index (χ2v) is 7.52. The van der Waals surface area contributed by atoms with Crippen LogP contribution in [0, 0.1) is 0 Å². The quantitative estimate of drug-likeness (QED) is 0.605. The topological polar surface area (TPSA) is 88.1 Å². The first-order valence-corrected chi connectivity index (χ1v) is 10.4. The third kappa shape index (κ3) is 4.67.